The first-order chi connectivity index (χ1) is 8.14. The molecule has 0 aromatic heterocycles. The van der Waals surface area contributed by atoms with Crippen LogP contribution in [0.3, 0.4) is 0 Å². The highest BCUT2D eigenvalue weighted by molar-refractivity contribution is 8.13. The summed E-state index contributed by atoms with van der Waals surface area (Å²) in [5, 5.41) is 8.73. The molecule has 1 N–H and O–H groups in total. The van der Waals surface area contributed by atoms with Crippen molar-refractivity contribution in [3.63, 3.8) is 0 Å². The standard InChI is InChI=1S/C11H20O5S2/c1-8(2)4-5-18(15,16)7-10(11(13)14)6-17-9(3)12/h8,10H,4-7H2,1-3H3,(H,13,14). The zero-order valence-corrected chi connectivity index (χ0v) is 12.5. The fraction of sp³-hybridized carbons (Fsp3) is 0.818. The average Bonchev–Trinajstić information content (AvgIpc) is 2.21. The van der Waals surface area contributed by atoms with Gasteiger partial charge in [-0.2, -0.15) is 0 Å². The van der Waals surface area contributed by atoms with E-state index in [9.17, 15) is 18.0 Å². The van der Waals surface area contributed by atoms with Crippen molar-refractivity contribution in [3.05, 3.63) is 0 Å². The molecule has 0 spiro atoms. The summed E-state index contributed by atoms with van der Waals surface area (Å²) in [6, 6.07) is 0. The second-order valence-corrected chi connectivity index (χ2v) is 8.06. The molecule has 0 amide bonds. The highest BCUT2D eigenvalue weighted by Crippen LogP contribution is 2.14. The number of rotatable bonds is 8. The molecule has 0 aliphatic rings. The molecule has 1 unspecified atom stereocenters. The van der Waals surface area contributed by atoms with E-state index in [0.717, 1.165) is 11.8 Å². The first kappa shape index (κ1) is 17.4. The molecule has 0 heterocycles. The van der Waals surface area contributed by atoms with Crippen molar-refractivity contribution in [2.75, 3.05) is 17.3 Å². The molecule has 0 aliphatic heterocycles. The van der Waals surface area contributed by atoms with E-state index < -0.39 is 27.5 Å². The third-order valence-electron chi connectivity index (χ3n) is 2.30. The minimum absolute atomic E-state index is 0.000809. The molecule has 5 nitrogen and oxygen atoms in total. The average molecular weight is 296 g/mol. The number of sulfone groups is 1. The van der Waals surface area contributed by atoms with Gasteiger partial charge in [-0.05, 0) is 12.3 Å². The van der Waals surface area contributed by atoms with E-state index in [1.807, 2.05) is 13.8 Å². The van der Waals surface area contributed by atoms with Crippen LogP contribution >= 0.6 is 11.8 Å². The monoisotopic (exact) mass is 296 g/mol. The van der Waals surface area contributed by atoms with E-state index in [4.69, 9.17) is 5.11 Å². The summed E-state index contributed by atoms with van der Waals surface area (Å²) in [7, 11) is -3.37. The molecular weight excluding hydrogens is 276 g/mol. The van der Waals surface area contributed by atoms with Gasteiger partial charge >= 0.3 is 5.97 Å². The van der Waals surface area contributed by atoms with Crippen molar-refractivity contribution in [2.45, 2.75) is 27.2 Å². The third-order valence-corrected chi connectivity index (χ3v) is 5.04. The molecule has 0 aromatic rings. The Morgan fingerprint density at radius 3 is 2.22 bits per heavy atom. The quantitative estimate of drug-likeness (QED) is 0.729. The van der Waals surface area contributed by atoms with Crippen LogP contribution in [0.5, 0.6) is 0 Å². The second kappa shape index (κ2) is 7.78. The summed E-state index contributed by atoms with van der Waals surface area (Å²) in [6.45, 7) is 5.16. The maximum Gasteiger partial charge on any atom is 0.308 e. The maximum atomic E-state index is 11.7. The summed E-state index contributed by atoms with van der Waals surface area (Å²) < 4.78 is 23.5. The lowest BCUT2D eigenvalue weighted by molar-refractivity contribution is -0.140. The first-order valence-corrected chi connectivity index (χ1v) is 8.51. The minimum Gasteiger partial charge on any atom is -0.481 e. The highest BCUT2D eigenvalue weighted by Gasteiger charge is 2.25. The van der Waals surface area contributed by atoms with Crippen LogP contribution in [0, 0.1) is 11.8 Å². The van der Waals surface area contributed by atoms with Gasteiger partial charge in [-0.25, -0.2) is 8.42 Å². The molecule has 18 heavy (non-hydrogen) atoms. The fourth-order valence-electron chi connectivity index (χ4n) is 1.21. The Hall–Kier alpha value is -0.560. The van der Waals surface area contributed by atoms with E-state index in [-0.39, 0.29) is 22.5 Å². The van der Waals surface area contributed by atoms with Crippen LogP contribution in [-0.2, 0) is 19.4 Å². The van der Waals surface area contributed by atoms with Gasteiger partial charge in [0.15, 0.2) is 15.0 Å². The zero-order valence-electron chi connectivity index (χ0n) is 10.9. The number of carboxylic acids is 1. The third kappa shape index (κ3) is 8.52. The normalized spacial score (nSPS) is 13.6. The van der Waals surface area contributed by atoms with Gasteiger partial charge in [0.25, 0.3) is 0 Å². The SMILES string of the molecule is CC(=O)SCC(CS(=O)(=O)CCC(C)C)C(=O)O. The smallest absolute Gasteiger partial charge is 0.308 e. The Kier molecular flexibility index (Phi) is 7.54. The van der Waals surface area contributed by atoms with Crippen LogP contribution in [0.25, 0.3) is 0 Å². The van der Waals surface area contributed by atoms with Crippen LogP contribution in [0.4, 0.5) is 0 Å². The van der Waals surface area contributed by atoms with Gasteiger partial charge in [-0.3, -0.25) is 9.59 Å². The number of carboxylic acid groups (broad SMARTS) is 1. The van der Waals surface area contributed by atoms with Crippen LogP contribution in [0.15, 0.2) is 0 Å². The van der Waals surface area contributed by atoms with Gasteiger partial charge in [0.1, 0.15) is 0 Å². The van der Waals surface area contributed by atoms with Crippen molar-refractivity contribution in [1.29, 1.82) is 0 Å². The van der Waals surface area contributed by atoms with Crippen LogP contribution < -0.4 is 0 Å². The molecule has 0 aromatic carbocycles. The van der Waals surface area contributed by atoms with Gasteiger partial charge in [-0.1, -0.05) is 25.6 Å². The predicted molar refractivity (Wildman–Crippen MR) is 72.4 cm³/mol. The Labute approximate surface area is 112 Å². The lowest BCUT2D eigenvalue weighted by Gasteiger charge is -2.12. The molecule has 1 atom stereocenters. The molecule has 0 fully saturated rings. The van der Waals surface area contributed by atoms with E-state index in [0.29, 0.717) is 6.42 Å². The molecule has 0 aliphatic carbocycles. The Morgan fingerprint density at radius 1 is 1.28 bits per heavy atom. The van der Waals surface area contributed by atoms with E-state index in [1.165, 1.54) is 6.92 Å². The summed E-state index contributed by atoms with van der Waals surface area (Å²) in [4.78, 5) is 21.7. The summed E-state index contributed by atoms with van der Waals surface area (Å²) in [5.41, 5.74) is 0. The van der Waals surface area contributed by atoms with Gasteiger partial charge in [-0.15, -0.1) is 0 Å². The fourth-order valence-corrected chi connectivity index (χ4v) is 3.93. The number of carbonyl (C=O) groups is 2. The Bertz CT molecular complexity index is 386. The predicted octanol–water partition coefficient (Wildman–Crippen LogP) is 1.43. The van der Waals surface area contributed by atoms with E-state index in [2.05, 4.69) is 0 Å². The van der Waals surface area contributed by atoms with Crippen molar-refractivity contribution >= 4 is 32.7 Å². The number of hydrogen-bond acceptors (Lipinski definition) is 5. The number of aliphatic carboxylic acids is 1. The molecule has 0 saturated carbocycles. The van der Waals surface area contributed by atoms with E-state index in [1.54, 1.807) is 0 Å². The van der Waals surface area contributed by atoms with Crippen LogP contribution in [0.2, 0.25) is 0 Å². The van der Waals surface area contributed by atoms with Crippen molar-refractivity contribution in [2.24, 2.45) is 11.8 Å². The number of hydrogen-bond donors (Lipinski definition) is 1. The summed E-state index contributed by atoms with van der Waals surface area (Å²) in [6.07, 6.45) is 0.522. The summed E-state index contributed by atoms with van der Waals surface area (Å²) in [5.74, 6) is -2.32. The molecular formula is C11H20O5S2. The van der Waals surface area contributed by atoms with Crippen molar-refractivity contribution in [3.8, 4) is 0 Å². The van der Waals surface area contributed by atoms with Gasteiger partial charge in [0.05, 0.1) is 17.4 Å². The molecule has 0 bridgehead atoms. The number of thioether (sulfide) groups is 1. The lowest BCUT2D eigenvalue weighted by Crippen LogP contribution is -2.28. The zero-order chi connectivity index (χ0) is 14.3. The molecule has 106 valence electrons. The first-order valence-electron chi connectivity index (χ1n) is 5.70. The molecule has 0 rings (SSSR count). The maximum absolute atomic E-state index is 11.7. The van der Waals surface area contributed by atoms with Gasteiger partial charge < -0.3 is 5.11 Å². The van der Waals surface area contributed by atoms with Crippen LogP contribution in [-0.4, -0.2) is 41.9 Å². The highest BCUT2D eigenvalue weighted by atomic mass is 32.2. The Balaban J connectivity index is 4.47. The minimum atomic E-state index is -3.37. The Morgan fingerprint density at radius 2 is 1.83 bits per heavy atom. The van der Waals surface area contributed by atoms with Crippen LogP contribution in [0.1, 0.15) is 27.2 Å². The summed E-state index contributed by atoms with van der Waals surface area (Å²) >= 11 is 0.849. The lowest BCUT2D eigenvalue weighted by atomic mass is 10.2. The van der Waals surface area contributed by atoms with Crippen molar-refractivity contribution < 1.29 is 23.1 Å². The van der Waals surface area contributed by atoms with Crippen molar-refractivity contribution in [1.82, 2.24) is 0 Å². The number of carbonyl (C=O) groups excluding carboxylic acids is 1. The molecule has 0 radical (unpaired) electrons. The molecule has 0 saturated heterocycles. The largest absolute Gasteiger partial charge is 0.481 e. The second-order valence-electron chi connectivity index (χ2n) is 4.63. The molecule has 7 heteroatoms. The van der Waals surface area contributed by atoms with Gasteiger partial charge in [0, 0.05) is 12.7 Å². The van der Waals surface area contributed by atoms with E-state index >= 15 is 0 Å². The van der Waals surface area contributed by atoms with Gasteiger partial charge in [0.2, 0.25) is 0 Å². The topological polar surface area (TPSA) is 88.5 Å².